The minimum absolute atomic E-state index is 0.0212. The SMILES string of the molecule is N[C@H]1CCCCN(C(=O)c2csc(Cc3ccccc3)n2)C1. The Morgan fingerprint density at radius 1 is 1.32 bits per heavy atom. The highest BCUT2D eigenvalue weighted by Crippen LogP contribution is 2.18. The molecule has 0 spiro atoms. The molecule has 0 bridgehead atoms. The fourth-order valence-corrected chi connectivity index (χ4v) is 3.58. The van der Waals surface area contributed by atoms with E-state index in [-0.39, 0.29) is 11.9 Å². The maximum atomic E-state index is 12.6. The van der Waals surface area contributed by atoms with Crippen molar-refractivity contribution in [2.24, 2.45) is 5.73 Å². The third-order valence-corrected chi connectivity index (χ3v) is 4.81. The molecule has 1 aromatic heterocycles. The maximum Gasteiger partial charge on any atom is 0.273 e. The molecule has 22 heavy (non-hydrogen) atoms. The van der Waals surface area contributed by atoms with Crippen molar-refractivity contribution in [2.75, 3.05) is 13.1 Å². The maximum absolute atomic E-state index is 12.6. The van der Waals surface area contributed by atoms with Crippen molar-refractivity contribution in [3.8, 4) is 0 Å². The lowest BCUT2D eigenvalue weighted by Gasteiger charge is -2.21. The highest BCUT2D eigenvalue weighted by atomic mass is 32.1. The van der Waals surface area contributed by atoms with Crippen LogP contribution in [0.5, 0.6) is 0 Å². The van der Waals surface area contributed by atoms with Crippen molar-refractivity contribution in [2.45, 2.75) is 31.7 Å². The van der Waals surface area contributed by atoms with E-state index in [1.165, 1.54) is 5.56 Å². The molecule has 0 unspecified atom stereocenters. The average molecular weight is 315 g/mol. The molecule has 2 heterocycles. The molecule has 1 aromatic carbocycles. The molecule has 0 radical (unpaired) electrons. The van der Waals surface area contributed by atoms with Crippen molar-refractivity contribution < 1.29 is 4.79 Å². The number of benzene rings is 1. The van der Waals surface area contributed by atoms with Crippen LogP contribution in [0, 0.1) is 0 Å². The first-order valence-electron chi connectivity index (χ1n) is 7.75. The van der Waals surface area contributed by atoms with Crippen molar-refractivity contribution in [1.29, 1.82) is 0 Å². The molecule has 1 atom stereocenters. The van der Waals surface area contributed by atoms with Crippen LogP contribution in [-0.2, 0) is 6.42 Å². The van der Waals surface area contributed by atoms with Gasteiger partial charge in [0, 0.05) is 30.9 Å². The van der Waals surface area contributed by atoms with E-state index in [4.69, 9.17) is 5.73 Å². The molecular formula is C17H21N3OS. The number of likely N-dealkylation sites (tertiary alicyclic amines) is 1. The van der Waals surface area contributed by atoms with Gasteiger partial charge in [0.2, 0.25) is 0 Å². The van der Waals surface area contributed by atoms with E-state index >= 15 is 0 Å². The van der Waals surface area contributed by atoms with Crippen LogP contribution in [0.25, 0.3) is 0 Å². The van der Waals surface area contributed by atoms with Gasteiger partial charge in [0.05, 0.1) is 5.01 Å². The summed E-state index contributed by atoms with van der Waals surface area (Å²) in [5.74, 6) is 0.0212. The number of hydrogen-bond donors (Lipinski definition) is 1. The first-order chi connectivity index (χ1) is 10.7. The number of nitrogens with zero attached hydrogens (tertiary/aromatic N) is 2. The predicted molar refractivity (Wildman–Crippen MR) is 89.1 cm³/mol. The molecule has 0 aliphatic carbocycles. The van der Waals surface area contributed by atoms with Gasteiger partial charge in [-0.25, -0.2) is 4.98 Å². The number of carbonyl (C=O) groups is 1. The Morgan fingerprint density at radius 2 is 2.14 bits per heavy atom. The number of carbonyl (C=O) groups excluding carboxylic acids is 1. The van der Waals surface area contributed by atoms with Gasteiger partial charge in [0.15, 0.2) is 0 Å². The minimum Gasteiger partial charge on any atom is -0.336 e. The lowest BCUT2D eigenvalue weighted by molar-refractivity contribution is 0.0750. The van der Waals surface area contributed by atoms with E-state index < -0.39 is 0 Å². The Kier molecular flexibility index (Phi) is 4.85. The van der Waals surface area contributed by atoms with Gasteiger partial charge in [-0.15, -0.1) is 11.3 Å². The molecule has 2 N–H and O–H groups in total. The van der Waals surface area contributed by atoms with Crippen LogP contribution >= 0.6 is 11.3 Å². The highest BCUT2D eigenvalue weighted by Gasteiger charge is 2.22. The second-order valence-electron chi connectivity index (χ2n) is 5.80. The van der Waals surface area contributed by atoms with Crippen LogP contribution in [0.3, 0.4) is 0 Å². The first kappa shape index (κ1) is 15.2. The molecule has 1 aliphatic rings. The summed E-state index contributed by atoms with van der Waals surface area (Å²) < 4.78 is 0. The molecule has 1 aliphatic heterocycles. The minimum atomic E-state index is 0.0212. The predicted octanol–water partition coefficient (Wildman–Crippen LogP) is 2.69. The standard InChI is InChI=1S/C17H21N3OS/c18-14-8-4-5-9-20(11-14)17(21)15-12-22-16(19-15)10-13-6-2-1-3-7-13/h1-3,6-7,12,14H,4-5,8-11,18H2/t14-/m0/s1. The largest absolute Gasteiger partial charge is 0.336 e. The Bertz CT molecular complexity index is 626. The summed E-state index contributed by atoms with van der Waals surface area (Å²) in [5, 5.41) is 2.85. The van der Waals surface area contributed by atoms with Crippen LogP contribution in [0.15, 0.2) is 35.7 Å². The van der Waals surface area contributed by atoms with E-state index in [9.17, 15) is 4.79 Å². The summed E-state index contributed by atoms with van der Waals surface area (Å²) in [6.07, 6.45) is 3.90. The van der Waals surface area contributed by atoms with E-state index in [1.54, 1.807) is 11.3 Å². The zero-order valence-electron chi connectivity index (χ0n) is 12.6. The Balaban J connectivity index is 1.68. The first-order valence-corrected chi connectivity index (χ1v) is 8.63. The Hall–Kier alpha value is -1.72. The van der Waals surface area contributed by atoms with E-state index in [0.717, 1.165) is 37.2 Å². The lowest BCUT2D eigenvalue weighted by Crippen LogP contribution is -2.39. The van der Waals surface area contributed by atoms with Crippen molar-refractivity contribution >= 4 is 17.2 Å². The lowest BCUT2D eigenvalue weighted by atomic mass is 10.2. The van der Waals surface area contributed by atoms with E-state index in [1.807, 2.05) is 28.5 Å². The van der Waals surface area contributed by atoms with Crippen molar-refractivity contribution in [3.63, 3.8) is 0 Å². The van der Waals surface area contributed by atoms with Crippen LogP contribution in [0.2, 0.25) is 0 Å². The topological polar surface area (TPSA) is 59.2 Å². The fraction of sp³-hybridized carbons (Fsp3) is 0.412. The van der Waals surface area contributed by atoms with Crippen LogP contribution < -0.4 is 5.73 Å². The van der Waals surface area contributed by atoms with Gasteiger partial charge in [-0.2, -0.15) is 0 Å². The third kappa shape index (κ3) is 3.72. The Labute approximate surface area is 135 Å². The molecule has 3 rings (SSSR count). The van der Waals surface area contributed by atoms with Gasteiger partial charge in [0.25, 0.3) is 5.91 Å². The molecule has 1 fully saturated rings. The molecule has 4 nitrogen and oxygen atoms in total. The number of thiazole rings is 1. The van der Waals surface area contributed by atoms with Gasteiger partial charge in [-0.1, -0.05) is 36.8 Å². The Morgan fingerprint density at radius 3 is 2.95 bits per heavy atom. The molecule has 116 valence electrons. The third-order valence-electron chi connectivity index (χ3n) is 3.96. The summed E-state index contributed by atoms with van der Waals surface area (Å²) in [6, 6.07) is 10.3. The van der Waals surface area contributed by atoms with Gasteiger partial charge >= 0.3 is 0 Å². The zero-order valence-corrected chi connectivity index (χ0v) is 13.4. The van der Waals surface area contributed by atoms with Gasteiger partial charge < -0.3 is 10.6 Å². The van der Waals surface area contributed by atoms with Crippen LogP contribution in [0.4, 0.5) is 0 Å². The fourth-order valence-electron chi connectivity index (χ4n) is 2.78. The van der Waals surface area contributed by atoms with Crippen LogP contribution in [-0.4, -0.2) is 34.9 Å². The molecule has 0 saturated carbocycles. The number of rotatable bonds is 3. The number of nitrogens with two attached hydrogens (primary N) is 1. The molecule has 5 heteroatoms. The van der Waals surface area contributed by atoms with E-state index in [2.05, 4.69) is 17.1 Å². The molecular weight excluding hydrogens is 294 g/mol. The smallest absolute Gasteiger partial charge is 0.273 e. The van der Waals surface area contributed by atoms with Crippen LogP contribution in [0.1, 0.15) is 40.3 Å². The summed E-state index contributed by atoms with van der Waals surface area (Å²) in [6.45, 7) is 1.43. The second-order valence-corrected chi connectivity index (χ2v) is 6.74. The van der Waals surface area contributed by atoms with Gasteiger partial charge in [-0.3, -0.25) is 4.79 Å². The van der Waals surface area contributed by atoms with Gasteiger partial charge in [0.1, 0.15) is 5.69 Å². The molecule has 2 aromatic rings. The van der Waals surface area contributed by atoms with Gasteiger partial charge in [-0.05, 0) is 18.4 Å². The second kappa shape index (κ2) is 7.03. The quantitative estimate of drug-likeness (QED) is 0.947. The van der Waals surface area contributed by atoms with E-state index in [0.29, 0.717) is 12.2 Å². The summed E-state index contributed by atoms with van der Waals surface area (Å²) in [7, 11) is 0. The number of amides is 1. The average Bonchev–Trinajstić information content (AvgIpc) is 2.88. The normalized spacial score (nSPS) is 19.0. The summed E-state index contributed by atoms with van der Waals surface area (Å²) in [4.78, 5) is 19.0. The number of hydrogen-bond acceptors (Lipinski definition) is 4. The monoisotopic (exact) mass is 315 g/mol. The van der Waals surface area contributed by atoms with Crippen molar-refractivity contribution in [3.05, 3.63) is 52.0 Å². The summed E-state index contributed by atoms with van der Waals surface area (Å²) >= 11 is 1.55. The molecule has 1 saturated heterocycles. The zero-order chi connectivity index (χ0) is 15.4. The van der Waals surface area contributed by atoms with Crippen molar-refractivity contribution in [1.82, 2.24) is 9.88 Å². The molecule has 1 amide bonds. The summed E-state index contributed by atoms with van der Waals surface area (Å²) in [5.41, 5.74) is 7.81. The number of aromatic nitrogens is 1. The highest BCUT2D eigenvalue weighted by molar-refractivity contribution is 7.09.